The molecule has 252 valence electrons. The quantitative estimate of drug-likeness (QED) is 0.258. The molecule has 5 rings (SSSR count). The number of aryl methyl sites for hydroxylation is 1. The summed E-state index contributed by atoms with van der Waals surface area (Å²) in [5.74, 6) is 2.26. The lowest BCUT2D eigenvalue weighted by Crippen LogP contribution is -2.41. The van der Waals surface area contributed by atoms with Crippen molar-refractivity contribution >= 4 is 17.6 Å². The lowest BCUT2D eigenvalue weighted by Gasteiger charge is -2.34. The van der Waals surface area contributed by atoms with Crippen LogP contribution in [0.2, 0.25) is 0 Å². The maximum Gasteiger partial charge on any atom is 0.410 e. The number of hydrogen-bond acceptors (Lipinski definition) is 6. The second-order valence-corrected chi connectivity index (χ2v) is 13.8. The molecule has 1 unspecified atom stereocenters. The van der Waals surface area contributed by atoms with E-state index < -0.39 is 5.60 Å². The first-order chi connectivity index (χ1) is 22.5. The predicted molar refractivity (Wildman–Crippen MR) is 185 cm³/mol. The van der Waals surface area contributed by atoms with Crippen molar-refractivity contribution in [3.63, 3.8) is 0 Å². The van der Waals surface area contributed by atoms with Crippen molar-refractivity contribution in [2.45, 2.75) is 98.5 Å². The van der Waals surface area contributed by atoms with Gasteiger partial charge < -0.3 is 19.7 Å². The first-order valence-corrected chi connectivity index (χ1v) is 17.2. The number of carbonyl (C=O) groups excluding carboxylic acids is 2. The third-order valence-electron chi connectivity index (χ3n) is 9.37. The molecule has 47 heavy (non-hydrogen) atoms. The van der Waals surface area contributed by atoms with Gasteiger partial charge >= 0.3 is 6.09 Å². The Morgan fingerprint density at radius 1 is 1.06 bits per heavy atom. The van der Waals surface area contributed by atoms with Gasteiger partial charge in [-0.2, -0.15) is 5.10 Å². The van der Waals surface area contributed by atoms with Crippen LogP contribution in [-0.2, 0) is 11.2 Å². The summed E-state index contributed by atoms with van der Waals surface area (Å²) in [7, 11) is 0. The van der Waals surface area contributed by atoms with Crippen molar-refractivity contribution in [2.24, 2.45) is 5.92 Å². The zero-order valence-electron chi connectivity index (χ0n) is 29.2. The molecule has 0 bridgehead atoms. The van der Waals surface area contributed by atoms with Crippen LogP contribution in [0.1, 0.15) is 112 Å². The average Bonchev–Trinajstić information content (AvgIpc) is 3.44. The Labute approximate surface area is 279 Å². The number of ether oxygens (including phenoxy) is 2. The van der Waals surface area contributed by atoms with Crippen LogP contribution < -0.4 is 10.1 Å². The first kappa shape index (κ1) is 34.2. The SMILES string of the molecule is CCNC(=O)c1cnn(-c2cccc(C3=C(COc4ccc(C5CCN(C(=O)OC(C)(C)C)CC5)c(CC)c4)C(C)CCC3)n2)c1C. The van der Waals surface area contributed by atoms with Gasteiger partial charge in [0.05, 0.1) is 23.1 Å². The second-order valence-electron chi connectivity index (χ2n) is 13.8. The van der Waals surface area contributed by atoms with E-state index in [-0.39, 0.29) is 12.0 Å². The van der Waals surface area contributed by atoms with Crippen LogP contribution >= 0.6 is 0 Å². The molecule has 3 heterocycles. The molecule has 3 aromatic rings. The Kier molecular flexibility index (Phi) is 10.7. The average molecular weight is 642 g/mol. The maximum atomic E-state index is 12.6. The van der Waals surface area contributed by atoms with Crippen LogP contribution in [0.15, 0.2) is 48.2 Å². The van der Waals surface area contributed by atoms with Crippen LogP contribution in [0.4, 0.5) is 4.79 Å². The van der Waals surface area contributed by atoms with Gasteiger partial charge in [-0.1, -0.05) is 26.0 Å². The normalized spacial score (nSPS) is 17.5. The molecule has 1 aliphatic carbocycles. The molecular formula is C38H51N5O4. The number of piperidine rings is 1. The summed E-state index contributed by atoms with van der Waals surface area (Å²) in [6.45, 7) is 16.5. The van der Waals surface area contributed by atoms with E-state index in [0.29, 0.717) is 49.5 Å². The van der Waals surface area contributed by atoms with Crippen LogP contribution in [0, 0.1) is 12.8 Å². The van der Waals surface area contributed by atoms with Gasteiger partial charge in [0.2, 0.25) is 0 Å². The Morgan fingerprint density at radius 3 is 2.53 bits per heavy atom. The van der Waals surface area contributed by atoms with E-state index in [1.807, 2.05) is 51.7 Å². The Morgan fingerprint density at radius 2 is 1.83 bits per heavy atom. The third kappa shape index (κ3) is 8.06. The smallest absolute Gasteiger partial charge is 0.410 e. The summed E-state index contributed by atoms with van der Waals surface area (Å²) in [6.07, 6.45) is 7.35. The molecule has 1 atom stereocenters. The Balaban J connectivity index is 1.31. The fourth-order valence-electron chi connectivity index (χ4n) is 6.80. The number of allylic oxidation sites excluding steroid dienone is 1. The van der Waals surface area contributed by atoms with Crippen LogP contribution in [0.5, 0.6) is 5.75 Å². The van der Waals surface area contributed by atoms with Crippen molar-refractivity contribution in [3.8, 4) is 11.6 Å². The van der Waals surface area contributed by atoms with E-state index in [4.69, 9.17) is 14.5 Å². The highest BCUT2D eigenvalue weighted by Crippen LogP contribution is 2.37. The lowest BCUT2D eigenvalue weighted by atomic mass is 9.82. The number of aromatic nitrogens is 3. The van der Waals surface area contributed by atoms with Crippen molar-refractivity contribution in [2.75, 3.05) is 26.2 Å². The molecule has 2 amide bonds. The molecule has 0 saturated carbocycles. The molecule has 9 nitrogen and oxygen atoms in total. The highest BCUT2D eigenvalue weighted by Gasteiger charge is 2.29. The van der Waals surface area contributed by atoms with Gasteiger partial charge in [0.1, 0.15) is 18.0 Å². The molecule has 1 N–H and O–H groups in total. The zero-order chi connectivity index (χ0) is 33.7. The Hall–Kier alpha value is -4.14. The molecule has 1 aliphatic heterocycles. The Bertz CT molecular complexity index is 1610. The van der Waals surface area contributed by atoms with E-state index in [1.165, 1.54) is 22.3 Å². The molecule has 1 fully saturated rings. The van der Waals surface area contributed by atoms with Crippen molar-refractivity contribution in [3.05, 3.63) is 76.2 Å². The zero-order valence-corrected chi connectivity index (χ0v) is 29.2. The molecular weight excluding hydrogens is 590 g/mol. The van der Waals surface area contributed by atoms with Crippen molar-refractivity contribution in [1.29, 1.82) is 0 Å². The monoisotopic (exact) mass is 641 g/mol. The number of carbonyl (C=O) groups is 2. The number of pyridine rings is 1. The molecule has 1 aromatic carbocycles. The van der Waals surface area contributed by atoms with E-state index in [2.05, 4.69) is 48.5 Å². The molecule has 0 spiro atoms. The standard InChI is InChI=1S/C38H51N5O4/c1-8-27-22-29(16-17-30(27)28-18-20-42(21-19-28)37(45)47-38(5,6)7)46-24-33-25(3)12-10-13-31(33)34-14-11-15-35(41-34)43-26(4)32(23-40-43)36(44)39-9-2/h11,14-17,22-23,25,28H,8-10,12-13,18-21,24H2,1-7H3,(H,39,44). The lowest BCUT2D eigenvalue weighted by molar-refractivity contribution is 0.0204. The second kappa shape index (κ2) is 14.7. The number of benzene rings is 1. The third-order valence-corrected chi connectivity index (χ3v) is 9.37. The van der Waals surface area contributed by atoms with Gasteiger partial charge in [-0.25, -0.2) is 14.5 Å². The minimum absolute atomic E-state index is 0.126. The summed E-state index contributed by atoms with van der Waals surface area (Å²) in [5, 5.41) is 7.35. The highest BCUT2D eigenvalue weighted by atomic mass is 16.6. The molecule has 2 aromatic heterocycles. The predicted octanol–water partition coefficient (Wildman–Crippen LogP) is 7.65. The van der Waals surface area contributed by atoms with E-state index in [1.54, 1.807) is 10.9 Å². The molecule has 0 radical (unpaired) electrons. The maximum absolute atomic E-state index is 12.6. The van der Waals surface area contributed by atoms with Gasteiger partial charge in [0.25, 0.3) is 5.91 Å². The summed E-state index contributed by atoms with van der Waals surface area (Å²) in [6, 6.07) is 12.6. The van der Waals surface area contributed by atoms with E-state index >= 15 is 0 Å². The fraction of sp³-hybridized carbons (Fsp3) is 0.526. The first-order valence-electron chi connectivity index (χ1n) is 17.2. The summed E-state index contributed by atoms with van der Waals surface area (Å²) < 4.78 is 13.9. The van der Waals surface area contributed by atoms with Gasteiger partial charge in [-0.05, 0) is 132 Å². The summed E-state index contributed by atoms with van der Waals surface area (Å²) in [4.78, 5) is 31.9. The minimum atomic E-state index is -0.482. The van der Waals surface area contributed by atoms with Crippen molar-refractivity contribution < 1.29 is 19.1 Å². The van der Waals surface area contributed by atoms with Gasteiger partial charge in [0, 0.05) is 19.6 Å². The largest absolute Gasteiger partial charge is 0.489 e. The molecule has 1 saturated heterocycles. The molecule has 9 heteroatoms. The van der Waals surface area contributed by atoms with E-state index in [0.717, 1.165) is 55.7 Å². The van der Waals surface area contributed by atoms with Crippen LogP contribution in [0.25, 0.3) is 11.4 Å². The van der Waals surface area contributed by atoms with E-state index in [9.17, 15) is 9.59 Å². The summed E-state index contributed by atoms with van der Waals surface area (Å²) in [5.41, 5.74) is 6.97. The highest BCUT2D eigenvalue weighted by molar-refractivity contribution is 5.95. The number of nitrogens with one attached hydrogen (secondary N) is 1. The van der Waals surface area contributed by atoms with Gasteiger partial charge in [-0.3, -0.25) is 4.79 Å². The van der Waals surface area contributed by atoms with Crippen LogP contribution in [0.3, 0.4) is 0 Å². The van der Waals surface area contributed by atoms with Crippen LogP contribution in [-0.4, -0.2) is 63.5 Å². The van der Waals surface area contributed by atoms with Gasteiger partial charge in [-0.15, -0.1) is 0 Å². The number of nitrogens with zero attached hydrogens (tertiary/aromatic N) is 4. The topological polar surface area (TPSA) is 98.6 Å². The summed E-state index contributed by atoms with van der Waals surface area (Å²) >= 11 is 0. The minimum Gasteiger partial charge on any atom is -0.489 e. The number of likely N-dealkylation sites (tertiary alicyclic amines) is 1. The fourth-order valence-corrected chi connectivity index (χ4v) is 6.80. The molecule has 2 aliphatic rings. The van der Waals surface area contributed by atoms with Crippen molar-refractivity contribution in [1.82, 2.24) is 25.0 Å². The number of rotatable bonds is 9. The number of amides is 2. The van der Waals surface area contributed by atoms with Gasteiger partial charge in [0.15, 0.2) is 5.82 Å². The number of hydrogen-bond donors (Lipinski definition) is 1.